The molecule has 1 atom stereocenters. The van der Waals surface area contributed by atoms with Gasteiger partial charge in [0.25, 0.3) is 0 Å². The van der Waals surface area contributed by atoms with Crippen LogP contribution in [0.3, 0.4) is 0 Å². The van der Waals surface area contributed by atoms with Crippen LogP contribution in [0.4, 0.5) is 0 Å². The Morgan fingerprint density at radius 3 is 2.47 bits per heavy atom. The Kier molecular flexibility index (Phi) is 5.15. The van der Waals surface area contributed by atoms with E-state index in [1.165, 1.54) is 0 Å². The van der Waals surface area contributed by atoms with Crippen molar-refractivity contribution in [2.75, 3.05) is 27.3 Å². The number of hydrogen-bond acceptors (Lipinski definition) is 3. The molecule has 0 aromatic heterocycles. The average Bonchev–Trinajstić information content (AvgIpc) is 2.25. The number of nitrogens with zero attached hydrogens (tertiary/aromatic N) is 1. The standard InChI is InChI=1S/C12H19NO2/c1-13(2)11(10-14)8-9-15-12-6-4-3-5-7-12/h3-7,11,14H,8-10H2,1-2H3. The zero-order valence-corrected chi connectivity index (χ0v) is 9.39. The number of aliphatic hydroxyl groups excluding tert-OH is 1. The van der Waals surface area contributed by atoms with Gasteiger partial charge in [0, 0.05) is 6.04 Å². The maximum Gasteiger partial charge on any atom is 0.119 e. The fourth-order valence-corrected chi connectivity index (χ4v) is 1.34. The van der Waals surface area contributed by atoms with Gasteiger partial charge in [-0.2, -0.15) is 0 Å². The molecule has 15 heavy (non-hydrogen) atoms. The average molecular weight is 209 g/mol. The van der Waals surface area contributed by atoms with Gasteiger partial charge in [0.05, 0.1) is 13.2 Å². The Hall–Kier alpha value is -1.06. The third kappa shape index (κ3) is 4.32. The molecule has 0 aliphatic carbocycles. The first-order valence-electron chi connectivity index (χ1n) is 5.19. The number of benzene rings is 1. The van der Waals surface area contributed by atoms with E-state index in [2.05, 4.69) is 0 Å². The van der Waals surface area contributed by atoms with Gasteiger partial charge in [0.2, 0.25) is 0 Å². The Morgan fingerprint density at radius 2 is 1.93 bits per heavy atom. The van der Waals surface area contributed by atoms with E-state index in [1.807, 2.05) is 49.3 Å². The van der Waals surface area contributed by atoms with E-state index in [1.54, 1.807) is 0 Å². The molecule has 0 fully saturated rings. The van der Waals surface area contributed by atoms with Gasteiger partial charge in [0.15, 0.2) is 0 Å². The number of likely N-dealkylation sites (N-methyl/N-ethyl adjacent to an activating group) is 1. The first-order valence-corrected chi connectivity index (χ1v) is 5.19. The summed E-state index contributed by atoms with van der Waals surface area (Å²) < 4.78 is 5.55. The number of hydrogen-bond donors (Lipinski definition) is 1. The monoisotopic (exact) mass is 209 g/mol. The van der Waals surface area contributed by atoms with Crippen LogP contribution < -0.4 is 4.74 Å². The number of rotatable bonds is 6. The summed E-state index contributed by atoms with van der Waals surface area (Å²) >= 11 is 0. The lowest BCUT2D eigenvalue weighted by Gasteiger charge is -2.21. The lowest BCUT2D eigenvalue weighted by molar-refractivity contribution is 0.143. The minimum absolute atomic E-state index is 0.172. The highest BCUT2D eigenvalue weighted by Crippen LogP contribution is 2.09. The third-order valence-corrected chi connectivity index (χ3v) is 2.40. The highest BCUT2D eigenvalue weighted by atomic mass is 16.5. The van der Waals surface area contributed by atoms with Gasteiger partial charge < -0.3 is 14.7 Å². The molecule has 1 rings (SSSR count). The van der Waals surface area contributed by atoms with Crippen LogP contribution in [0.1, 0.15) is 6.42 Å². The molecule has 0 saturated heterocycles. The SMILES string of the molecule is CN(C)C(CO)CCOc1ccccc1. The smallest absolute Gasteiger partial charge is 0.119 e. The molecule has 3 heteroatoms. The van der Waals surface area contributed by atoms with Gasteiger partial charge in [-0.1, -0.05) is 18.2 Å². The minimum atomic E-state index is 0.172. The second-order valence-corrected chi connectivity index (χ2v) is 3.75. The summed E-state index contributed by atoms with van der Waals surface area (Å²) in [6.07, 6.45) is 0.832. The minimum Gasteiger partial charge on any atom is -0.494 e. The van der Waals surface area contributed by atoms with E-state index in [4.69, 9.17) is 9.84 Å². The normalized spacial score (nSPS) is 12.8. The number of para-hydroxylation sites is 1. The van der Waals surface area contributed by atoms with Crippen LogP contribution in [0.5, 0.6) is 5.75 Å². The van der Waals surface area contributed by atoms with Crippen molar-refractivity contribution in [3.8, 4) is 5.75 Å². The Morgan fingerprint density at radius 1 is 1.27 bits per heavy atom. The van der Waals surface area contributed by atoms with Gasteiger partial charge in [0.1, 0.15) is 5.75 Å². The van der Waals surface area contributed by atoms with Crippen molar-refractivity contribution in [3.05, 3.63) is 30.3 Å². The van der Waals surface area contributed by atoms with Gasteiger partial charge in [-0.15, -0.1) is 0 Å². The quantitative estimate of drug-likeness (QED) is 0.768. The van der Waals surface area contributed by atoms with Crippen molar-refractivity contribution >= 4 is 0 Å². The van der Waals surface area contributed by atoms with Gasteiger partial charge in [-0.25, -0.2) is 0 Å². The molecule has 0 aliphatic heterocycles. The van der Waals surface area contributed by atoms with E-state index in [-0.39, 0.29) is 12.6 Å². The molecule has 0 radical (unpaired) electrons. The number of ether oxygens (including phenoxy) is 1. The summed E-state index contributed by atoms with van der Waals surface area (Å²) in [7, 11) is 3.92. The van der Waals surface area contributed by atoms with Crippen LogP contribution in [0.25, 0.3) is 0 Å². The Balaban J connectivity index is 2.27. The molecule has 0 heterocycles. The fourth-order valence-electron chi connectivity index (χ4n) is 1.34. The van der Waals surface area contributed by atoms with Crippen LogP contribution in [-0.4, -0.2) is 43.4 Å². The zero-order chi connectivity index (χ0) is 11.1. The summed E-state index contributed by atoms with van der Waals surface area (Å²) in [6.45, 7) is 0.804. The van der Waals surface area contributed by atoms with Crippen molar-refractivity contribution in [2.24, 2.45) is 0 Å². The molecule has 0 bridgehead atoms. The first-order chi connectivity index (χ1) is 7.24. The van der Waals surface area contributed by atoms with Crippen molar-refractivity contribution in [1.29, 1.82) is 0 Å². The Bertz CT molecular complexity index is 262. The summed E-state index contributed by atoms with van der Waals surface area (Å²) in [5.74, 6) is 0.882. The van der Waals surface area contributed by atoms with E-state index in [9.17, 15) is 0 Å². The first kappa shape index (κ1) is 12.0. The van der Waals surface area contributed by atoms with Gasteiger partial charge in [-0.3, -0.25) is 0 Å². The maximum atomic E-state index is 9.10. The summed E-state index contributed by atoms with van der Waals surface area (Å²) in [5.41, 5.74) is 0. The molecule has 0 saturated carbocycles. The van der Waals surface area contributed by atoms with E-state index >= 15 is 0 Å². The van der Waals surface area contributed by atoms with Crippen molar-refractivity contribution in [2.45, 2.75) is 12.5 Å². The topological polar surface area (TPSA) is 32.7 Å². The molecule has 0 amide bonds. The van der Waals surface area contributed by atoms with Gasteiger partial charge >= 0.3 is 0 Å². The van der Waals surface area contributed by atoms with Crippen LogP contribution in [-0.2, 0) is 0 Å². The molecule has 3 nitrogen and oxygen atoms in total. The van der Waals surface area contributed by atoms with Crippen LogP contribution in [0.15, 0.2) is 30.3 Å². The highest BCUT2D eigenvalue weighted by Gasteiger charge is 2.09. The molecular formula is C12H19NO2. The predicted octanol–water partition coefficient (Wildman–Crippen LogP) is 1.38. The third-order valence-electron chi connectivity index (χ3n) is 2.40. The molecule has 1 aromatic carbocycles. The Labute approximate surface area is 91.3 Å². The summed E-state index contributed by atoms with van der Waals surface area (Å²) in [4.78, 5) is 2.01. The van der Waals surface area contributed by atoms with E-state index in [0.29, 0.717) is 6.61 Å². The fraction of sp³-hybridized carbons (Fsp3) is 0.500. The molecule has 1 aromatic rings. The largest absolute Gasteiger partial charge is 0.494 e. The lowest BCUT2D eigenvalue weighted by atomic mass is 10.2. The predicted molar refractivity (Wildman–Crippen MR) is 61.1 cm³/mol. The lowest BCUT2D eigenvalue weighted by Crippen LogP contribution is -2.32. The van der Waals surface area contributed by atoms with Crippen molar-refractivity contribution < 1.29 is 9.84 Å². The van der Waals surface area contributed by atoms with Crippen LogP contribution in [0, 0.1) is 0 Å². The highest BCUT2D eigenvalue weighted by molar-refractivity contribution is 5.20. The van der Waals surface area contributed by atoms with Crippen molar-refractivity contribution in [3.63, 3.8) is 0 Å². The second kappa shape index (κ2) is 6.43. The van der Waals surface area contributed by atoms with Crippen LogP contribution in [0.2, 0.25) is 0 Å². The summed E-state index contributed by atoms with van der Waals surface area (Å²) in [5, 5.41) is 9.10. The van der Waals surface area contributed by atoms with E-state index in [0.717, 1.165) is 12.2 Å². The summed E-state index contributed by atoms with van der Waals surface area (Å²) in [6, 6.07) is 9.90. The van der Waals surface area contributed by atoms with E-state index < -0.39 is 0 Å². The van der Waals surface area contributed by atoms with Gasteiger partial charge in [-0.05, 0) is 32.6 Å². The zero-order valence-electron chi connectivity index (χ0n) is 9.39. The number of aliphatic hydroxyl groups is 1. The molecular weight excluding hydrogens is 190 g/mol. The molecule has 1 N–H and O–H groups in total. The molecule has 0 aliphatic rings. The second-order valence-electron chi connectivity index (χ2n) is 3.75. The molecule has 1 unspecified atom stereocenters. The maximum absolute atomic E-state index is 9.10. The molecule has 0 spiro atoms. The molecule has 84 valence electrons. The van der Waals surface area contributed by atoms with Crippen molar-refractivity contribution in [1.82, 2.24) is 4.90 Å². The van der Waals surface area contributed by atoms with Crippen LogP contribution >= 0.6 is 0 Å².